The first-order valence-corrected chi connectivity index (χ1v) is 9.24. The predicted molar refractivity (Wildman–Crippen MR) is 83.0 cm³/mol. The van der Waals surface area contributed by atoms with Crippen molar-refractivity contribution in [2.45, 2.75) is 30.3 Å². The monoisotopic (exact) mass is 339 g/mol. The summed E-state index contributed by atoms with van der Waals surface area (Å²) in [6.45, 7) is 3.15. The summed E-state index contributed by atoms with van der Waals surface area (Å²) in [6.07, 6.45) is 5.51. The Bertz CT molecular complexity index is 731. The smallest absolute Gasteiger partial charge is 0.254 e. The van der Waals surface area contributed by atoms with Crippen molar-refractivity contribution < 1.29 is 13.2 Å². The highest BCUT2D eigenvalue weighted by Crippen LogP contribution is 2.26. The maximum Gasteiger partial charge on any atom is 0.254 e. The molecule has 2 aromatic heterocycles. The van der Waals surface area contributed by atoms with Crippen LogP contribution < -0.4 is 0 Å². The van der Waals surface area contributed by atoms with Gasteiger partial charge in [0.2, 0.25) is 0 Å². The molecule has 0 amide bonds. The Morgan fingerprint density at radius 3 is 2.86 bits per heavy atom. The van der Waals surface area contributed by atoms with Gasteiger partial charge in [-0.1, -0.05) is 0 Å². The maximum atomic E-state index is 12.5. The van der Waals surface area contributed by atoms with Gasteiger partial charge in [-0.15, -0.1) is 11.3 Å². The average Bonchev–Trinajstić information content (AvgIpc) is 3.16. The fraction of sp³-hybridized carbons (Fsp3) is 0.429. The van der Waals surface area contributed by atoms with E-state index >= 15 is 0 Å². The summed E-state index contributed by atoms with van der Waals surface area (Å²) in [7, 11) is -3.43. The molecule has 1 aliphatic heterocycles. The second-order valence-corrected chi connectivity index (χ2v) is 8.54. The van der Waals surface area contributed by atoms with Crippen molar-refractivity contribution in [3.63, 3.8) is 0 Å². The fourth-order valence-electron chi connectivity index (χ4n) is 2.33. The average molecular weight is 339 g/mol. The SMILES string of the molecule is Cc1ncc(S(=O)(=O)N2CC[C@@H](OCc3ccncc3)C2)s1. The molecule has 118 valence electrons. The minimum atomic E-state index is -3.43. The lowest BCUT2D eigenvalue weighted by Gasteiger charge is -2.15. The Labute approximate surface area is 133 Å². The van der Waals surface area contributed by atoms with E-state index in [1.54, 1.807) is 19.3 Å². The van der Waals surface area contributed by atoms with E-state index in [9.17, 15) is 8.42 Å². The van der Waals surface area contributed by atoms with Crippen LogP contribution >= 0.6 is 11.3 Å². The van der Waals surface area contributed by atoms with Crippen molar-refractivity contribution in [2.24, 2.45) is 0 Å². The number of aryl methyl sites for hydroxylation is 1. The number of pyridine rings is 1. The highest BCUT2D eigenvalue weighted by atomic mass is 32.2. The van der Waals surface area contributed by atoms with E-state index < -0.39 is 10.0 Å². The minimum absolute atomic E-state index is 0.0723. The summed E-state index contributed by atoms with van der Waals surface area (Å²) in [5.74, 6) is 0. The van der Waals surface area contributed by atoms with Gasteiger partial charge < -0.3 is 4.74 Å². The van der Waals surface area contributed by atoms with Gasteiger partial charge >= 0.3 is 0 Å². The highest BCUT2D eigenvalue weighted by molar-refractivity contribution is 7.91. The van der Waals surface area contributed by atoms with Crippen molar-refractivity contribution in [3.8, 4) is 0 Å². The molecule has 0 unspecified atom stereocenters. The van der Waals surface area contributed by atoms with Gasteiger partial charge in [-0.3, -0.25) is 4.98 Å². The van der Waals surface area contributed by atoms with Gasteiger partial charge in [0.1, 0.15) is 0 Å². The van der Waals surface area contributed by atoms with Gasteiger partial charge in [-0.2, -0.15) is 4.31 Å². The van der Waals surface area contributed by atoms with Crippen LogP contribution in [0.5, 0.6) is 0 Å². The number of nitrogens with zero attached hydrogens (tertiary/aromatic N) is 3. The Morgan fingerprint density at radius 2 is 2.18 bits per heavy atom. The van der Waals surface area contributed by atoms with Gasteiger partial charge in [0.15, 0.2) is 4.21 Å². The summed E-state index contributed by atoms with van der Waals surface area (Å²) in [5, 5.41) is 0.753. The van der Waals surface area contributed by atoms with E-state index in [1.165, 1.54) is 21.8 Å². The Kier molecular flexibility index (Phi) is 4.53. The molecule has 2 aromatic rings. The molecule has 1 fully saturated rings. The Balaban J connectivity index is 1.60. The molecule has 8 heteroatoms. The standard InChI is InChI=1S/C14H17N3O3S2/c1-11-16-8-14(21-11)22(18,19)17-7-4-13(9-17)20-10-12-2-5-15-6-3-12/h2-3,5-6,8,13H,4,7,9-10H2,1H3/t13-/m1/s1. The second-order valence-electron chi connectivity index (χ2n) is 5.14. The van der Waals surface area contributed by atoms with Crippen molar-refractivity contribution in [1.29, 1.82) is 0 Å². The fourth-order valence-corrected chi connectivity index (χ4v) is 5.08. The van der Waals surface area contributed by atoms with E-state index in [0.717, 1.165) is 10.6 Å². The Hall–Kier alpha value is -1.35. The lowest BCUT2D eigenvalue weighted by molar-refractivity contribution is 0.0508. The molecule has 0 bridgehead atoms. The van der Waals surface area contributed by atoms with Crippen LogP contribution in [0.15, 0.2) is 34.9 Å². The molecule has 0 aromatic carbocycles. The molecule has 6 nitrogen and oxygen atoms in total. The van der Waals surface area contributed by atoms with Gasteiger partial charge in [0, 0.05) is 25.5 Å². The first-order chi connectivity index (χ1) is 10.6. The van der Waals surface area contributed by atoms with Crippen molar-refractivity contribution >= 4 is 21.4 Å². The summed E-state index contributed by atoms with van der Waals surface area (Å²) in [5.41, 5.74) is 1.04. The largest absolute Gasteiger partial charge is 0.372 e. The number of ether oxygens (including phenoxy) is 1. The third kappa shape index (κ3) is 3.35. The highest BCUT2D eigenvalue weighted by Gasteiger charge is 2.34. The molecular weight excluding hydrogens is 322 g/mol. The molecule has 1 saturated heterocycles. The van der Waals surface area contributed by atoms with Crippen LogP contribution in [0.25, 0.3) is 0 Å². The number of hydrogen-bond donors (Lipinski definition) is 0. The third-order valence-electron chi connectivity index (χ3n) is 3.54. The first-order valence-electron chi connectivity index (χ1n) is 6.99. The minimum Gasteiger partial charge on any atom is -0.372 e. The van der Waals surface area contributed by atoms with Crippen molar-refractivity contribution in [1.82, 2.24) is 14.3 Å². The van der Waals surface area contributed by atoms with E-state index in [2.05, 4.69) is 9.97 Å². The number of aromatic nitrogens is 2. The second kappa shape index (κ2) is 6.41. The van der Waals surface area contributed by atoms with E-state index in [4.69, 9.17) is 4.74 Å². The summed E-state index contributed by atoms with van der Waals surface area (Å²) in [6, 6.07) is 3.78. The number of sulfonamides is 1. The van der Waals surface area contributed by atoms with Crippen LogP contribution in [0, 0.1) is 6.92 Å². The van der Waals surface area contributed by atoms with Crippen molar-refractivity contribution in [3.05, 3.63) is 41.3 Å². The maximum absolute atomic E-state index is 12.5. The Morgan fingerprint density at radius 1 is 1.41 bits per heavy atom. The summed E-state index contributed by atoms with van der Waals surface area (Å²) in [4.78, 5) is 7.98. The van der Waals surface area contributed by atoms with Crippen molar-refractivity contribution in [2.75, 3.05) is 13.1 Å². The van der Waals surface area contributed by atoms with E-state index in [-0.39, 0.29) is 6.10 Å². The first kappa shape index (κ1) is 15.5. The topological polar surface area (TPSA) is 72.4 Å². The van der Waals surface area contributed by atoms with Crippen LogP contribution in [-0.2, 0) is 21.4 Å². The molecule has 1 atom stereocenters. The zero-order valence-corrected chi connectivity index (χ0v) is 13.8. The van der Waals surface area contributed by atoms with Crippen LogP contribution in [-0.4, -0.2) is 41.9 Å². The van der Waals surface area contributed by atoms with E-state index in [1.807, 2.05) is 12.1 Å². The molecule has 0 spiro atoms. The lowest BCUT2D eigenvalue weighted by atomic mass is 10.3. The molecule has 1 aliphatic rings. The molecule has 3 rings (SSSR count). The number of thiazole rings is 1. The molecule has 0 aliphatic carbocycles. The molecule has 0 saturated carbocycles. The van der Waals surface area contributed by atoms with Gasteiger partial charge in [0.25, 0.3) is 10.0 Å². The molecule has 0 radical (unpaired) electrons. The van der Waals surface area contributed by atoms with Crippen LogP contribution in [0.3, 0.4) is 0 Å². The summed E-state index contributed by atoms with van der Waals surface area (Å²) < 4.78 is 32.6. The predicted octanol–water partition coefficient (Wildman–Crippen LogP) is 1.83. The van der Waals surface area contributed by atoms with Crippen LogP contribution in [0.2, 0.25) is 0 Å². The van der Waals surface area contributed by atoms with Crippen LogP contribution in [0.4, 0.5) is 0 Å². The lowest BCUT2D eigenvalue weighted by Crippen LogP contribution is -2.29. The van der Waals surface area contributed by atoms with Gasteiger partial charge in [-0.25, -0.2) is 13.4 Å². The third-order valence-corrected chi connectivity index (χ3v) is 6.75. The number of hydrogen-bond acceptors (Lipinski definition) is 6. The van der Waals surface area contributed by atoms with Gasteiger partial charge in [-0.05, 0) is 31.0 Å². The number of rotatable bonds is 5. The van der Waals surface area contributed by atoms with Gasteiger partial charge in [0.05, 0.1) is 23.9 Å². The zero-order chi connectivity index (χ0) is 15.6. The zero-order valence-electron chi connectivity index (χ0n) is 12.2. The molecule has 22 heavy (non-hydrogen) atoms. The van der Waals surface area contributed by atoms with E-state index in [0.29, 0.717) is 30.3 Å². The normalized spacial score (nSPS) is 19.6. The van der Waals surface area contributed by atoms with Crippen LogP contribution in [0.1, 0.15) is 17.0 Å². The molecular formula is C14H17N3O3S2. The molecule has 3 heterocycles. The quantitative estimate of drug-likeness (QED) is 0.831. The molecule has 0 N–H and O–H groups in total. The summed E-state index contributed by atoms with van der Waals surface area (Å²) >= 11 is 1.20.